The molecule has 5 nitrogen and oxygen atoms in total. The summed E-state index contributed by atoms with van der Waals surface area (Å²) < 4.78 is 5.69. The Labute approximate surface area is 156 Å². The zero-order valence-corrected chi connectivity index (χ0v) is 15.5. The van der Waals surface area contributed by atoms with Gasteiger partial charge >= 0.3 is 0 Å². The lowest BCUT2D eigenvalue weighted by Gasteiger charge is -2.49. The number of nitrogens with zero attached hydrogens (tertiary/aromatic N) is 2. The van der Waals surface area contributed by atoms with E-state index in [2.05, 4.69) is 22.1 Å². The third-order valence-electron chi connectivity index (χ3n) is 5.18. The second-order valence-corrected chi connectivity index (χ2v) is 8.13. The van der Waals surface area contributed by atoms with E-state index >= 15 is 0 Å². The SMILES string of the molecule is C[C@H]1[C@H](NC(=O)c2ccc(Oc3cc(Cl)ccn3)s2)C2CCN1CC2. The molecule has 0 aliphatic carbocycles. The van der Waals surface area contributed by atoms with Crippen molar-refractivity contribution in [3.05, 3.63) is 40.4 Å². The fraction of sp³-hybridized carbons (Fsp3) is 0.444. The Morgan fingerprint density at radius 2 is 2.16 bits per heavy atom. The average Bonchev–Trinajstić information content (AvgIpc) is 3.07. The van der Waals surface area contributed by atoms with E-state index in [1.165, 1.54) is 24.2 Å². The Balaban J connectivity index is 1.42. The van der Waals surface area contributed by atoms with E-state index in [-0.39, 0.29) is 11.9 Å². The largest absolute Gasteiger partial charge is 0.428 e. The van der Waals surface area contributed by atoms with Crippen molar-refractivity contribution < 1.29 is 9.53 Å². The van der Waals surface area contributed by atoms with Gasteiger partial charge in [-0.25, -0.2) is 4.98 Å². The predicted molar refractivity (Wildman–Crippen MR) is 98.7 cm³/mol. The molecule has 132 valence electrons. The van der Waals surface area contributed by atoms with Gasteiger partial charge in [-0.15, -0.1) is 0 Å². The van der Waals surface area contributed by atoms with Crippen LogP contribution in [0.5, 0.6) is 10.9 Å². The summed E-state index contributed by atoms with van der Waals surface area (Å²) in [5, 5.41) is 4.43. The number of ether oxygens (including phenoxy) is 1. The van der Waals surface area contributed by atoms with Crippen LogP contribution < -0.4 is 10.1 Å². The van der Waals surface area contributed by atoms with Gasteiger partial charge in [-0.3, -0.25) is 9.69 Å². The molecule has 3 saturated heterocycles. The van der Waals surface area contributed by atoms with Crippen molar-refractivity contribution >= 4 is 28.8 Å². The van der Waals surface area contributed by atoms with Crippen molar-refractivity contribution in [1.29, 1.82) is 0 Å². The summed E-state index contributed by atoms with van der Waals surface area (Å²) in [6.45, 7) is 4.52. The first-order valence-corrected chi connectivity index (χ1v) is 9.74. The Bertz CT molecular complexity index is 771. The zero-order chi connectivity index (χ0) is 17.4. The average molecular weight is 378 g/mol. The van der Waals surface area contributed by atoms with Crippen molar-refractivity contribution in [3.8, 4) is 10.9 Å². The highest BCUT2D eigenvalue weighted by molar-refractivity contribution is 7.15. The van der Waals surface area contributed by atoms with Crippen LogP contribution in [0, 0.1) is 5.92 Å². The maximum Gasteiger partial charge on any atom is 0.261 e. The number of hydrogen-bond acceptors (Lipinski definition) is 5. The van der Waals surface area contributed by atoms with Crippen molar-refractivity contribution in [1.82, 2.24) is 15.2 Å². The number of fused-ring (bicyclic) bond motifs is 3. The summed E-state index contributed by atoms with van der Waals surface area (Å²) in [6, 6.07) is 7.57. The van der Waals surface area contributed by atoms with Crippen LogP contribution in [0.15, 0.2) is 30.5 Å². The van der Waals surface area contributed by atoms with Gasteiger partial charge < -0.3 is 10.1 Å². The molecule has 0 radical (unpaired) electrons. The molecule has 3 fully saturated rings. The number of pyridine rings is 1. The molecule has 0 spiro atoms. The summed E-state index contributed by atoms with van der Waals surface area (Å²) in [7, 11) is 0. The van der Waals surface area contributed by atoms with E-state index in [1.807, 2.05) is 0 Å². The summed E-state index contributed by atoms with van der Waals surface area (Å²) in [4.78, 5) is 19.9. The van der Waals surface area contributed by atoms with E-state index < -0.39 is 0 Å². The lowest BCUT2D eigenvalue weighted by atomic mass is 9.79. The molecule has 3 aliphatic rings. The van der Waals surface area contributed by atoms with E-state index in [0.29, 0.717) is 32.8 Å². The van der Waals surface area contributed by atoms with Crippen molar-refractivity contribution in [3.63, 3.8) is 0 Å². The van der Waals surface area contributed by atoms with Crippen molar-refractivity contribution in [2.45, 2.75) is 31.8 Å². The van der Waals surface area contributed by atoms with Gasteiger partial charge in [0.2, 0.25) is 5.88 Å². The number of thiophene rings is 1. The van der Waals surface area contributed by atoms with Crippen LogP contribution in [0.4, 0.5) is 0 Å². The van der Waals surface area contributed by atoms with Crippen LogP contribution in [-0.4, -0.2) is 41.0 Å². The number of piperidine rings is 3. The zero-order valence-electron chi connectivity index (χ0n) is 13.9. The van der Waals surface area contributed by atoms with E-state index in [9.17, 15) is 4.79 Å². The summed E-state index contributed by atoms with van der Waals surface area (Å²) in [5.74, 6) is 0.993. The Kier molecular flexibility index (Phi) is 4.67. The van der Waals surface area contributed by atoms with Gasteiger partial charge in [0.25, 0.3) is 5.91 Å². The molecule has 7 heteroatoms. The van der Waals surface area contributed by atoms with Crippen LogP contribution in [0.2, 0.25) is 5.02 Å². The van der Waals surface area contributed by atoms with E-state index in [0.717, 1.165) is 13.1 Å². The number of carbonyl (C=O) groups excluding carboxylic acids is 1. The number of nitrogens with one attached hydrogen (secondary N) is 1. The smallest absolute Gasteiger partial charge is 0.261 e. The number of rotatable bonds is 4. The van der Waals surface area contributed by atoms with Crippen molar-refractivity contribution in [2.75, 3.05) is 13.1 Å². The molecule has 2 atom stereocenters. The molecule has 0 saturated carbocycles. The van der Waals surface area contributed by atoms with Crippen LogP contribution in [0.25, 0.3) is 0 Å². The van der Waals surface area contributed by atoms with Gasteiger partial charge in [0.1, 0.15) is 0 Å². The molecule has 2 bridgehead atoms. The molecule has 5 rings (SSSR count). The minimum atomic E-state index is -0.0236. The van der Waals surface area contributed by atoms with Gasteiger partial charge in [-0.2, -0.15) is 0 Å². The Morgan fingerprint density at radius 1 is 1.36 bits per heavy atom. The Hall–Kier alpha value is -1.63. The van der Waals surface area contributed by atoms with Gasteiger partial charge in [0.05, 0.1) is 4.88 Å². The van der Waals surface area contributed by atoms with Crippen LogP contribution >= 0.6 is 22.9 Å². The molecule has 1 N–H and O–H groups in total. The maximum absolute atomic E-state index is 12.6. The fourth-order valence-electron chi connectivity index (χ4n) is 3.81. The molecular formula is C18H20ClN3O2S. The minimum absolute atomic E-state index is 0.0236. The molecule has 3 aliphatic heterocycles. The van der Waals surface area contributed by atoms with E-state index in [4.69, 9.17) is 16.3 Å². The normalized spacial score (nSPS) is 27.9. The van der Waals surface area contributed by atoms with Crippen LogP contribution in [-0.2, 0) is 0 Å². The molecule has 25 heavy (non-hydrogen) atoms. The van der Waals surface area contributed by atoms with Gasteiger partial charge in [-0.1, -0.05) is 22.9 Å². The maximum atomic E-state index is 12.6. The number of carbonyl (C=O) groups is 1. The third-order valence-corrected chi connectivity index (χ3v) is 6.38. The highest BCUT2D eigenvalue weighted by Gasteiger charge is 2.40. The Morgan fingerprint density at radius 3 is 2.88 bits per heavy atom. The number of hydrogen-bond donors (Lipinski definition) is 1. The molecule has 0 aromatic carbocycles. The molecule has 5 heterocycles. The summed E-state index contributed by atoms with van der Waals surface area (Å²) in [6.07, 6.45) is 3.94. The van der Waals surface area contributed by atoms with Gasteiger partial charge in [0.15, 0.2) is 5.06 Å². The second kappa shape index (κ2) is 6.94. The predicted octanol–water partition coefficient (Wildman–Crippen LogP) is 3.80. The fourth-order valence-corrected chi connectivity index (χ4v) is 4.73. The topological polar surface area (TPSA) is 54.5 Å². The first-order chi connectivity index (χ1) is 12.1. The lowest BCUT2D eigenvalue weighted by molar-refractivity contribution is 0.0218. The van der Waals surface area contributed by atoms with Crippen molar-refractivity contribution in [2.24, 2.45) is 5.92 Å². The molecule has 0 unspecified atom stereocenters. The third kappa shape index (κ3) is 3.52. The van der Waals surface area contributed by atoms with Gasteiger partial charge in [0, 0.05) is 29.4 Å². The first kappa shape index (κ1) is 16.8. The summed E-state index contributed by atoms with van der Waals surface area (Å²) in [5.41, 5.74) is 0. The quantitative estimate of drug-likeness (QED) is 0.880. The number of aromatic nitrogens is 1. The lowest BCUT2D eigenvalue weighted by Crippen LogP contribution is -2.62. The highest BCUT2D eigenvalue weighted by Crippen LogP contribution is 2.33. The van der Waals surface area contributed by atoms with Gasteiger partial charge in [-0.05, 0) is 57.0 Å². The number of halogens is 1. The molecule has 2 aromatic rings. The van der Waals surface area contributed by atoms with Crippen LogP contribution in [0.1, 0.15) is 29.4 Å². The highest BCUT2D eigenvalue weighted by atomic mass is 35.5. The minimum Gasteiger partial charge on any atom is -0.428 e. The number of amides is 1. The monoisotopic (exact) mass is 377 g/mol. The second-order valence-electron chi connectivity index (χ2n) is 6.65. The molecule has 2 aromatic heterocycles. The van der Waals surface area contributed by atoms with Crippen LogP contribution in [0.3, 0.4) is 0 Å². The molecule has 1 amide bonds. The van der Waals surface area contributed by atoms with E-state index in [1.54, 1.807) is 30.5 Å². The standard InChI is InChI=1S/C18H20ClN3O2S/c1-11-17(12-5-8-22(11)9-6-12)21-18(23)14-2-3-16(25-14)24-15-10-13(19)4-7-20-15/h2-4,7,10-12,17H,5-6,8-9H2,1H3,(H,21,23)/t11-,17-/m0/s1. The summed E-state index contributed by atoms with van der Waals surface area (Å²) >= 11 is 7.26. The molecular weight excluding hydrogens is 358 g/mol. The first-order valence-electron chi connectivity index (χ1n) is 8.54.